The van der Waals surface area contributed by atoms with Gasteiger partial charge in [0, 0.05) is 54.8 Å². The zero-order chi connectivity index (χ0) is 16.9. The van der Waals surface area contributed by atoms with Gasteiger partial charge in [0.15, 0.2) is 0 Å². The summed E-state index contributed by atoms with van der Waals surface area (Å²) in [6.45, 7) is 5.04. The van der Waals surface area contributed by atoms with Gasteiger partial charge in [-0.2, -0.15) is 0 Å². The third-order valence-corrected chi connectivity index (χ3v) is 3.77. The maximum absolute atomic E-state index is 12.1. The molecular formula is C18H19N5O. The molecule has 0 saturated carbocycles. The lowest BCUT2D eigenvalue weighted by molar-refractivity contribution is 0.0952. The predicted octanol–water partition coefficient (Wildman–Crippen LogP) is 2.39. The largest absolute Gasteiger partial charge is 0.350 e. The van der Waals surface area contributed by atoms with E-state index in [-0.39, 0.29) is 5.91 Å². The summed E-state index contributed by atoms with van der Waals surface area (Å²) in [5.41, 5.74) is 3.46. The standard InChI is InChI=1S/C18H19N5O/c1-13-5-6-16(12-21-13)18(24)20-8-9-23-14(2)10-22-17(23)15-4-3-7-19-11-15/h3-7,10-12H,8-9H2,1-2H3,(H,20,24). The minimum absolute atomic E-state index is 0.122. The number of hydrogen-bond acceptors (Lipinski definition) is 4. The number of nitrogens with one attached hydrogen (secondary N) is 1. The second kappa shape index (κ2) is 7.04. The van der Waals surface area contributed by atoms with Crippen LogP contribution in [0.2, 0.25) is 0 Å². The summed E-state index contributed by atoms with van der Waals surface area (Å²) in [4.78, 5) is 24.9. The Morgan fingerprint density at radius 1 is 1.12 bits per heavy atom. The van der Waals surface area contributed by atoms with Crippen LogP contribution in [-0.2, 0) is 6.54 Å². The fraction of sp³-hybridized carbons (Fsp3) is 0.222. The number of rotatable bonds is 5. The first-order valence-electron chi connectivity index (χ1n) is 7.78. The predicted molar refractivity (Wildman–Crippen MR) is 91.5 cm³/mol. The van der Waals surface area contributed by atoms with E-state index < -0.39 is 0 Å². The molecule has 3 heterocycles. The molecule has 6 nitrogen and oxygen atoms in total. The number of pyridine rings is 2. The molecule has 0 aliphatic rings. The van der Waals surface area contributed by atoms with Gasteiger partial charge in [0.2, 0.25) is 0 Å². The van der Waals surface area contributed by atoms with Gasteiger partial charge >= 0.3 is 0 Å². The van der Waals surface area contributed by atoms with E-state index in [1.165, 1.54) is 0 Å². The highest BCUT2D eigenvalue weighted by atomic mass is 16.1. The van der Waals surface area contributed by atoms with Crippen molar-refractivity contribution in [2.45, 2.75) is 20.4 Å². The zero-order valence-electron chi connectivity index (χ0n) is 13.7. The molecule has 6 heteroatoms. The number of nitrogens with zero attached hydrogens (tertiary/aromatic N) is 4. The Kier molecular flexibility index (Phi) is 4.65. The maximum atomic E-state index is 12.1. The Bertz CT molecular complexity index is 824. The fourth-order valence-corrected chi connectivity index (χ4v) is 2.45. The molecule has 0 aromatic carbocycles. The summed E-state index contributed by atoms with van der Waals surface area (Å²) in [5.74, 6) is 0.732. The Morgan fingerprint density at radius 3 is 2.71 bits per heavy atom. The summed E-state index contributed by atoms with van der Waals surface area (Å²) in [6.07, 6.45) is 6.94. The van der Waals surface area contributed by atoms with Crippen molar-refractivity contribution in [1.29, 1.82) is 0 Å². The average molecular weight is 321 g/mol. The lowest BCUT2D eigenvalue weighted by atomic mass is 10.2. The lowest BCUT2D eigenvalue weighted by Gasteiger charge is -2.11. The van der Waals surface area contributed by atoms with E-state index in [1.54, 1.807) is 24.7 Å². The molecular weight excluding hydrogens is 302 g/mol. The fourth-order valence-electron chi connectivity index (χ4n) is 2.45. The van der Waals surface area contributed by atoms with Gasteiger partial charge in [-0.25, -0.2) is 4.98 Å². The van der Waals surface area contributed by atoms with E-state index in [4.69, 9.17) is 0 Å². The summed E-state index contributed by atoms with van der Waals surface area (Å²) in [6, 6.07) is 7.47. The van der Waals surface area contributed by atoms with E-state index >= 15 is 0 Å². The first-order valence-corrected chi connectivity index (χ1v) is 7.78. The Hall–Kier alpha value is -3.02. The monoisotopic (exact) mass is 321 g/mol. The number of carbonyl (C=O) groups excluding carboxylic acids is 1. The quantitative estimate of drug-likeness (QED) is 0.783. The molecule has 0 unspecified atom stereocenters. The summed E-state index contributed by atoms with van der Waals surface area (Å²) in [5, 5.41) is 2.92. The number of amides is 1. The highest BCUT2D eigenvalue weighted by Gasteiger charge is 2.10. The molecule has 1 N–H and O–H groups in total. The highest BCUT2D eigenvalue weighted by Crippen LogP contribution is 2.17. The van der Waals surface area contributed by atoms with Gasteiger partial charge < -0.3 is 9.88 Å². The van der Waals surface area contributed by atoms with Crippen LogP contribution in [0.25, 0.3) is 11.4 Å². The molecule has 122 valence electrons. The Balaban J connectivity index is 1.66. The number of aromatic nitrogens is 4. The van der Waals surface area contributed by atoms with E-state index in [2.05, 4.69) is 24.8 Å². The third kappa shape index (κ3) is 3.48. The number of aryl methyl sites for hydroxylation is 2. The van der Waals surface area contributed by atoms with Crippen LogP contribution in [0.1, 0.15) is 21.7 Å². The van der Waals surface area contributed by atoms with Crippen molar-refractivity contribution < 1.29 is 4.79 Å². The molecule has 0 spiro atoms. The van der Waals surface area contributed by atoms with E-state index in [1.807, 2.05) is 38.2 Å². The first kappa shape index (κ1) is 15.9. The van der Waals surface area contributed by atoms with Crippen molar-refractivity contribution in [2.75, 3.05) is 6.54 Å². The Labute approximate surface area is 140 Å². The van der Waals surface area contributed by atoms with Crippen LogP contribution >= 0.6 is 0 Å². The van der Waals surface area contributed by atoms with Gasteiger partial charge in [-0.3, -0.25) is 14.8 Å². The van der Waals surface area contributed by atoms with Crippen LogP contribution in [0.4, 0.5) is 0 Å². The van der Waals surface area contributed by atoms with Crippen LogP contribution < -0.4 is 5.32 Å². The van der Waals surface area contributed by atoms with E-state index in [0.717, 1.165) is 22.8 Å². The third-order valence-electron chi connectivity index (χ3n) is 3.77. The number of imidazole rings is 1. The molecule has 0 aliphatic carbocycles. The molecule has 0 fully saturated rings. The SMILES string of the molecule is Cc1ccc(C(=O)NCCn2c(C)cnc2-c2cccnc2)cn1. The minimum Gasteiger partial charge on any atom is -0.350 e. The molecule has 0 bridgehead atoms. The van der Waals surface area contributed by atoms with Gasteiger partial charge in [0.25, 0.3) is 5.91 Å². The molecule has 0 radical (unpaired) electrons. The van der Waals surface area contributed by atoms with Gasteiger partial charge in [-0.05, 0) is 38.1 Å². The second-order valence-electron chi connectivity index (χ2n) is 5.56. The molecule has 24 heavy (non-hydrogen) atoms. The van der Waals surface area contributed by atoms with Crippen molar-refractivity contribution >= 4 is 5.91 Å². The normalized spacial score (nSPS) is 10.6. The minimum atomic E-state index is -0.122. The molecule has 0 atom stereocenters. The van der Waals surface area contributed by atoms with Gasteiger partial charge in [0.1, 0.15) is 5.82 Å². The van der Waals surface area contributed by atoms with Gasteiger partial charge in [0.05, 0.1) is 5.56 Å². The second-order valence-corrected chi connectivity index (χ2v) is 5.56. The van der Waals surface area contributed by atoms with E-state index in [0.29, 0.717) is 18.7 Å². The van der Waals surface area contributed by atoms with Crippen LogP contribution in [0, 0.1) is 13.8 Å². The smallest absolute Gasteiger partial charge is 0.252 e. The topological polar surface area (TPSA) is 72.7 Å². The van der Waals surface area contributed by atoms with Gasteiger partial charge in [-0.1, -0.05) is 0 Å². The molecule has 3 aromatic heterocycles. The molecule has 3 rings (SSSR count). The Morgan fingerprint density at radius 2 is 2.00 bits per heavy atom. The average Bonchev–Trinajstić information content (AvgIpc) is 2.97. The summed E-state index contributed by atoms with van der Waals surface area (Å²) in [7, 11) is 0. The molecule has 0 aliphatic heterocycles. The van der Waals surface area contributed by atoms with Crippen molar-refractivity contribution in [3.8, 4) is 11.4 Å². The molecule has 0 saturated heterocycles. The lowest BCUT2D eigenvalue weighted by Crippen LogP contribution is -2.27. The van der Waals surface area contributed by atoms with Crippen molar-refractivity contribution in [3.63, 3.8) is 0 Å². The van der Waals surface area contributed by atoms with Crippen LogP contribution in [0.3, 0.4) is 0 Å². The van der Waals surface area contributed by atoms with Gasteiger partial charge in [-0.15, -0.1) is 0 Å². The number of hydrogen-bond donors (Lipinski definition) is 1. The van der Waals surface area contributed by atoms with Crippen molar-refractivity contribution in [3.05, 3.63) is 66.0 Å². The zero-order valence-corrected chi connectivity index (χ0v) is 13.7. The summed E-state index contributed by atoms with van der Waals surface area (Å²) < 4.78 is 2.07. The van der Waals surface area contributed by atoms with Crippen LogP contribution in [-0.4, -0.2) is 32.0 Å². The molecule has 1 amide bonds. The van der Waals surface area contributed by atoms with Crippen molar-refractivity contribution in [2.24, 2.45) is 0 Å². The first-order chi connectivity index (χ1) is 11.6. The number of carbonyl (C=O) groups is 1. The van der Waals surface area contributed by atoms with Crippen LogP contribution in [0.5, 0.6) is 0 Å². The van der Waals surface area contributed by atoms with Crippen LogP contribution in [0.15, 0.2) is 49.1 Å². The molecule has 3 aromatic rings. The summed E-state index contributed by atoms with van der Waals surface area (Å²) >= 11 is 0. The maximum Gasteiger partial charge on any atom is 0.252 e. The highest BCUT2D eigenvalue weighted by molar-refractivity contribution is 5.93. The van der Waals surface area contributed by atoms with Crippen molar-refractivity contribution in [1.82, 2.24) is 24.8 Å². The van der Waals surface area contributed by atoms with E-state index in [9.17, 15) is 4.79 Å².